The van der Waals surface area contributed by atoms with Crippen molar-refractivity contribution < 1.29 is 27.9 Å². The van der Waals surface area contributed by atoms with Crippen LogP contribution in [0.3, 0.4) is 0 Å². The summed E-state index contributed by atoms with van der Waals surface area (Å²) in [4.78, 5) is 25.0. The number of piperidine rings is 1. The quantitative estimate of drug-likeness (QED) is 0.873. The predicted octanol–water partition coefficient (Wildman–Crippen LogP) is 3.15. The number of alkyl halides is 3. The van der Waals surface area contributed by atoms with Crippen molar-refractivity contribution >= 4 is 11.9 Å². The summed E-state index contributed by atoms with van der Waals surface area (Å²) in [6.07, 6.45) is -3.15. The summed E-state index contributed by atoms with van der Waals surface area (Å²) in [5.74, 6) is -1.68. The van der Waals surface area contributed by atoms with Gasteiger partial charge in [-0.25, -0.2) is 4.79 Å². The third kappa shape index (κ3) is 3.71. The van der Waals surface area contributed by atoms with E-state index < -0.39 is 23.7 Å². The van der Waals surface area contributed by atoms with Crippen LogP contribution in [0.25, 0.3) is 0 Å². The van der Waals surface area contributed by atoms with E-state index in [-0.39, 0.29) is 17.2 Å². The molecule has 2 heterocycles. The zero-order chi connectivity index (χ0) is 18.9. The van der Waals surface area contributed by atoms with E-state index in [1.54, 1.807) is 18.2 Å². The second-order valence-corrected chi connectivity index (χ2v) is 6.19. The maximum atomic E-state index is 12.6. The van der Waals surface area contributed by atoms with Crippen LogP contribution in [-0.4, -0.2) is 45.2 Å². The van der Waals surface area contributed by atoms with Crippen LogP contribution in [0.5, 0.6) is 0 Å². The SMILES string of the molecule is O=C(O)c1cccc([C@H]2CCCN(C(=O)c3cc(C(F)(F)F)[nH]n3)C2)c1. The Labute approximate surface area is 146 Å². The second kappa shape index (κ2) is 6.81. The van der Waals surface area contributed by atoms with Crippen molar-refractivity contribution in [2.45, 2.75) is 24.9 Å². The minimum atomic E-state index is -4.59. The molecule has 1 saturated heterocycles. The van der Waals surface area contributed by atoms with Gasteiger partial charge in [-0.1, -0.05) is 12.1 Å². The molecular weight excluding hydrogens is 351 g/mol. The Balaban J connectivity index is 1.76. The predicted molar refractivity (Wildman–Crippen MR) is 84.9 cm³/mol. The molecule has 0 spiro atoms. The number of halogens is 3. The Hall–Kier alpha value is -2.84. The largest absolute Gasteiger partial charge is 0.478 e. The maximum Gasteiger partial charge on any atom is 0.432 e. The number of carbonyl (C=O) groups is 2. The van der Waals surface area contributed by atoms with E-state index >= 15 is 0 Å². The van der Waals surface area contributed by atoms with E-state index in [1.807, 2.05) is 5.10 Å². The first-order valence-electron chi connectivity index (χ1n) is 8.01. The van der Waals surface area contributed by atoms with Gasteiger partial charge in [0, 0.05) is 25.1 Å². The summed E-state index contributed by atoms with van der Waals surface area (Å²) in [5.41, 5.74) is -0.394. The highest BCUT2D eigenvalue weighted by Crippen LogP contribution is 2.30. The number of aromatic amines is 1. The van der Waals surface area contributed by atoms with E-state index in [1.165, 1.54) is 11.0 Å². The Kier molecular flexibility index (Phi) is 4.71. The summed E-state index contributed by atoms with van der Waals surface area (Å²) in [7, 11) is 0. The first-order chi connectivity index (χ1) is 12.3. The summed E-state index contributed by atoms with van der Waals surface area (Å²) in [5, 5.41) is 14.4. The number of benzene rings is 1. The number of carboxylic acids is 1. The molecule has 138 valence electrons. The Morgan fingerprint density at radius 1 is 1.27 bits per heavy atom. The number of carbonyl (C=O) groups excluding carboxylic acids is 1. The minimum absolute atomic E-state index is 0.0759. The van der Waals surface area contributed by atoms with Crippen molar-refractivity contribution in [3.63, 3.8) is 0 Å². The molecule has 2 N–H and O–H groups in total. The van der Waals surface area contributed by atoms with Gasteiger partial charge in [0.1, 0.15) is 5.69 Å². The topological polar surface area (TPSA) is 86.3 Å². The smallest absolute Gasteiger partial charge is 0.432 e. The number of aromatic nitrogens is 2. The Bertz CT molecular complexity index is 832. The second-order valence-electron chi connectivity index (χ2n) is 6.19. The van der Waals surface area contributed by atoms with Gasteiger partial charge in [0.25, 0.3) is 5.91 Å². The molecule has 0 aliphatic carbocycles. The maximum absolute atomic E-state index is 12.6. The van der Waals surface area contributed by atoms with Crippen molar-refractivity contribution in [1.82, 2.24) is 15.1 Å². The average molecular weight is 367 g/mol. The first kappa shape index (κ1) is 18.0. The lowest BCUT2D eigenvalue weighted by Gasteiger charge is -2.32. The fourth-order valence-corrected chi connectivity index (χ4v) is 3.10. The zero-order valence-electron chi connectivity index (χ0n) is 13.6. The summed E-state index contributed by atoms with van der Waals surface area (Å²) in [6.45, 7) is 0.721. The molecule has 3 rings (SSSR count). The van der Waals surface area contributed by atoms with Crippen LogP contribution in [0.1, 0.15) is 50.9 Å². The van der Waals surface area contributed by atoms with E-state index in [0.717, 1.165) is 12.0 Å². The number of carboxylic acid groups (broad SMARTS) is 1. The number of nitrogens with one attached hydrogen (secondary N) is 1. The number of rotatable bonds is 3. The number of likely N-dealkylation sites (tertiary alicyclic amines) is 1. The third-order valence-corrected chi connectivity index (χ3v) is 4.42. The first-order valence-corrected chi connectivity index (χ1v) is 8.01. The van der Waals surface area contributed by atoms with E-state index in [0.29, 0.717) is 25.6 Å². The van der Waals surface area contributed by atoms with Crippen molar-refractivity contribution in [2.24, 2.45) is 0 Å². The lowest BCUT2D eigenvalue weighted by Crippen LogP contribution is -2.39. The van der Waals surface area contributed by atoms with Crippen LogP contribution in [0.2, 0.25) is 0 Å². The van der Waals surface area contributed by atoms with Gasteiger partial charge in [-0.15, -0.1) is 0 Å². The lowest BCUT2D eigenvalue weighted by molar-refractivity contribution is -0.141. The van der Waals surface area contributed by atoms with Crippen molar-refractivity contribution in [3.8, 4) is 0 Å². The van der Waals surface area contributed by atoms with Gasteiger partial charge in [-0.05, 0) is 30.5 Å². The summed E-state index contributed by atoms with van der Waals surface area (Å²) >= 11 is 0. The molecule has 1 atom stereocenters. The number of hydrogen-bond acceptors (Lipinski definition) is 3. The van der Waals surface area contributed by atoms with Gasteiger partial charge in [0.2, 0.25) is 0 Å². The molecule has 9 heteroatoms. The minimum Gasteiger partial charge on any atom is -0.478 e. The fourth-order valence-electron chi connectivity index (χ4n) is 3.10. The van der Waals surface area contributed by atoms with Crippen LogP contribution < -0.4 is 0 Å². The molecule has 0 saturated carbocycles. The highest BCUT2D eigenvalue weighted by molar-refractivity contribution is 5.92. The number of nitrogens with zero attached hydrogens (tertiary/aromatic N) is 2. The molecule has 1 aliphatic rings. The Morgan fingerprint density at radius 2 is 2.04 bits per heavy atom. The lowest BCUT2D eigenvalue weighted by atomic mass is 9.89. The van der Waals surface area contributed by atoms with Crippen molar-refractivity contribution in [1.29, 1.82) is 0 Å². The number of hydrogen-bond donors (Lipinski definition) is 2. The number of H-pyrrole nitrogens is 1. The summed E-state index contributed by atoms with van der Waals surface area (Å²) in [6, 6.07) is 7.19. The van der Waals surface area contributed by atoms with Crippen LogP contribution in [0, 0.1) is 0 Å². The van der Waals surface area contributed by atoms with E-state index in [2.05, 4.69) is 5.10 Å². The van der Waals surface area contributed by atoms with E-state index in [4.69, 9.17) is 5.11 Å². The highest BCUT2D eigenvalue weighted by Gasteiger charge is 2.35. The number of aromatic carboxylic acids is 1. The molecule has 2 aromatic rings. The van der Waals surface area contributed by atoms with Crippen LogP contribution >= 0.6 is 0 Å². The normalized spacial score (nSPS) is 18.0. The molecule has 1 amide bonds. The molecule has 26 heavy (non-hydrogen) atoms. The zero-order valence-corrected chi connectivity index (χ0v) is 13.6. The van der Waals surface area contributed by atoms with Gasteiger partial charge in [0.05, 0.1) is 5.56 Å². The standard InChI is InChI=1S/C17H16F3N3O3/c18-17(19,20)14-8-13(21-22-14)15(24)23-6-2-5-12(9-23)10-3-1-4-11(7-10)16(25)26/h1,3-4,7-8,12H,2,5-6,9H2,(H,21,22)(H,25,26)/t12-/m0/s1. The van der Waals surface area contributed by atoms with Gasteiger partial charge in [-0.3, -0.25) is 9.89 Å². The molecule has 0 unspecified atom stereocenters. The third-order valence-electron chi connectivity index (χ3n) is 4.42. The molecule has 0 radical (unpaired) electrons. The molecule has 1 aliphatic heterocycles. The molecule has 0 bridgehead atoms. The molecule has 1 aromatic heterocycles. The van der Waals surface area contributed by atoms with Gasteiger partial charge >= 0.3 is 12.1 Å². The van der Waals surface area contributed by atoms with Crippen molar-refractivity contribution in [3.05, 3.63) is 52.8 Å². The van der Waals surface area contributed by atoms with Gasteiger partial charge < -0.3 is 10.0 Å². The van der Waals surface area contributed by atoms with Gasteiger partial charge in [0.15, 0.2) is 5.69 Å². The molecule has 1 fully saturated rings. The van der Waals surface area contributed by atoms with Crippen LogP contribution in [0.4, 0.5) is 13.2 Å². The molecule has 1 aromatic carbocycles. The van der Waals surface area contributed by atoms with Crippen LogP contribution in [-0.2, 0) is 6.18 Å². The highest BCUT2D eigenvalue weighted by atomic mass is 19.4. The van der Waals surface area contributed by atoms with Crippen molar-refractivity contribution in [2.75, 3.05) is 13.1 Å². The van der Waals surface area contributed by atoms with Crippen LogP contribution in [0.15, 0.2) is 30.3 Å². The summed E-state index contributed by atoms with van der Waals surface area (Å²) < 4.78 is 37.9. The monoisotopic (exact) mass is 367 g/mol. The fraction of sp³-hybridized carbons (Fsp3) is 0.353. The van der Waals surface area contributed by atoms with Gasteiger partial charge in [-0.2, -0.15) is 18.3 Å². The Morgan fingerprint density at radius 3 is 2.69 bits per heavy atom. The molecule has 6 nitrogen and oxygen atoms in total. The molecular formula is C17H16F3N3O3. The number of amides is 1. The van der Waals surface area contributed by atoms with E-state index in [9.17, 15) is 22.8 Å². The average Bonchev–Trinajstić information content (AvgIpc) is 3.12.